The molecule has 1 aromatic carbocycles. The molecule has 0 aliphatic heterocycles. The Hall–Kier alpha value is -2.89. The number of hydrogen-bond donors (Lipinski definition) is 2. The largest absolute Gasteiger partial charge is 0.480 e. The Labute approximate surface area is 127 Å². The molecule has 0 aliphatic rings. The van der Waals surface area contributed by atoms with E-state index in [4.69, 9.17) is 4.74 Å². The number of carbonyl (C=O) groups is 2. The monoisotopic (exact) mass is 300 g/mol. The highest BCUT2D eigenvalue weighted by Gasteiger charge is 2.21. The fourth-order valence-corrected chi connectivity index (χ4v) is 1.86. The minimum absolute atomic E-state index is 0.0915. The zero-order valence-electron chi connectivity index (χ0n) is 11.8. The van der Waals surface area contributed by atoms with E-state index < -0.39 is 18.1 Å². The van der Waals surface area contributed by atoms with Gasteiger partial charge < -0.3 is 15.2 Å². The lowest BCUT2D eigenvalue weighted by atomic mass is 10.1. The zero-order valence-corrected chi connectivity index (χ0v) is 11.8. The number of carboxylic acid groups (broad SMARTS) is 1. The second-order valence-corrected chi connectivity index (χ2v) is 4.66. The molecule has 6 heteroatoms. The molecule has 0 bridgehead atoms. The molecule has 2 aromatic rings. The number of ether oxygens (including phenoxy) is 1. The van der Waals surface area contributed by atoms with Gasteiger partial charge in [-0.05, 0) is 23.3 Å². The third kappa shape index (κ3) is 4.90. The predicted octanol–water partition coefficient (Wildman–Crippen LogP) is 2.00. The van der Waals surface area contributed by atoms with Gasteiger partial charge in [-0.15, -0.1) is 0 Å². The number of pyridine rings is 1. The van der Waals surface area contributed by atoms with Gasteiger partial charge in [0.25, 0.3) is 0 Å². The molecule has 1 amide bonds. The normalized spacial score (nSPS) is 11.5. The number of nitrogens with one attached hydrogen (secondary N) is 1. The standard InChI is InChI=1S/C16H16N2O4/c19-15(20)14(10-12-6-8-17-9-7-12)18-16(21)22-11-13-4-2-1-3-5-13/h1-9,14H,10-11H2,(H,18,21)(H,19,20)/t14-/m0/s1. The van der Waals surface area contributed by atoms with Crippen LogP contribution in [0, 0.1) is 0 Å². The number of benzene rings is 1. The first-order chi connectivity index (χ1) is 10.6. The van der Waals surface area contributed by atoms with Crippen molar-refractivity contribution in [2.24, 2.45) is 0 Å². The highest BCUT2D eigenvalue weighted by molar-refractivity contribution is 5.80. The fourth-order valence-electron chi connectivity index (χ4n) is 1.86. The van der Waals surface area contributed by atoms with Crippen molar-refractivity contribution in [3.8, 4) is 0 Å². The van der Waals surface area contributed by atoms with Gasteiger partial charge in [0.05, 0.1) is 0 Å². The molecular weight excluding hydrogens is 284 g/mol. The topological polar surface area (TPSA) is 88.5 Å². The van der Waals surface area contributed by atoms with Crippen LogP contribution in [0.15, 0.2) is 54.9 Å². The quantitative estimate of drug-likeness (QED) is 0.852. The average Bonchev–Trinajstić information content (AvgIpc) is 2.54. The van der Waals surface area contributed by atoms with Gasteiger partial charge in [0.2, 0.25) is 0 Å². The maximum Gasteiger partial charge on any atom is 0.408 e. The van der Waals surface area contributed by atoms with Crippen LogP contribution in [0.1, 0.15) is 11.1 Å². The number of nitrogens with zero attached hydrogens (tertiary/aromatic N) is 1. The van der Waals surface area contributed by atoms with Crippen molar-refractivity contribution < 1.29 is 19.4 Å². The second kappa shape index (κ2) is 7.78. The SMILES string of the molecule is O=C(N[C@@H](Cc1ccncc1)C(=O)O)OCc1ccccc1. The van der Waals surface area contributed by atoms with Gasteiger partial charge in [0.1, 0.15) is 12.6 Å². The molecular formula is C16H16N2O4. The Morgan fingerprint density at radius 2 is 1.77 bits per heavy atom. The summed E-state index contributed by atoms with van der Waals surface area (Å²) in [7, 11) is 0. The van der Waals surface area contributed by atoms with Crippen LogP contribution in [0.5, 0.6) is 0 Å². The lowest BCUT2D eigenvalue weighted by Crippen LogP contribution is -2.42. The first-order valence-electron chi connectivity index (χ1n) is 6.74. The first-order valence-corrected chi connectivity index (χ1v) is 6.74. The summed E-state index contributed by atoms with van der Waals surface area (Å²) in [5.41, 5.74) is 1.60. The molecule has 2 N–H and O–H groups in total. The highest BCUT2D eigenvalue weighted by atomic mass is 16.5. The molecule has 0 aliphatic carbocycles. The third-order valence-corrected chi connectivity index (χ3v) is 2.99. The Balaban J connectivity index is 1.88. The van der Waals surface area contributed by atoms with E-state index in [1.54, 1.807) is 24.5 Å². The number of carboxylic acids is 1. The molecule has 1 aromatic heterocycles. The average molecular weight is 300 g/mol. The van der Waals surface area contributed by atoms with Gasteiger partial charge in [-0.1, -0.05) is 30.3 Å². The van der Waals surface area contributed by atoms with Crippen molar-refractivity contribution in [2.75, 3.05) is 0 Å². The van der Waals surface area contributed by atoms with Gasteiger partial charge in [0.15, 0.2) is 0 Å². The van der Waals surface area contributed by atoms with Crippen LogP contribution in [0.4, 0.5) is 4.79 Å². The van der Waals surface area contributed by atoms with Crippen molar-refractivity contribution in [3.63, 3.8) is 0 Å². The number of aliphatic carboxylic acids is 1. The van der Waals surface area contributed by atoms with Crippen LogP contribution < -0.4 is 5.32 Å². The number of hydrogen-bond acceptors (Lipinski definition) is 4. The Morgan fingerprint density at radius 1 is 1.09 bits per heavy atom. The van der Waals surface area contributed by atoms with Crippen molar-refractivity contribution in [1.29, 1.82) is 0 Å². The van der Waals surface area contributed by atoms with Gasteiger partial charge >= 0.3 is 12.1 Å². The van der Waals surface area contributed by atoms with Crippen molar-refractivity contribution in [2.45, 2.75) is 19.1 Å². The van der Waals surface area contributed by atoms with Gasteiger partial charge in [0, 0.05) is 18.8 Å². The summed E-state index contributed by atoms with van der Waals surface area (Å²) >= 11 is 0. The van der Waals surface area contributed by atoms with Crippen LogP contribution in [0.2, 0.25) is 0 Å². The Bertz CT molecular complexity index is 617. The molecule has 0 fully saturated rings. The van der Waals surface area contributed by atoms with E-state index in [1.807, 2.05) is 30.3 Å². The molecule has 1 heterocycles. The fraction of sp³-hybridized carbons (Fsp3) is 0.188. The van der Waals surface area contributed by atoms with Crippen molar-refractivity contribution in [1.82, 2.24) is 10.3 Å². The minimum atomic E-state index is -1.12. The zero-order chi connectivity index (χ0) is 15.8. The second-order valence-electron chi connectivity index (χ2n) is 4.66. The van der Waals surface area contributed by atoms with Crippen LogP contribution >= 0.6 is 0 Å². The summed E-state index contributed by atoms with van der Waals surface area (Å²) < 4.78 is 5.02. The molecule has 0 saturated heterocycles. The summed E-state index contributed by atoms with van der Waals surface area (Å²) in [5, 5.41) is 11.5. The van der Waals surface area contributed by atoms with E-state index in [0.29, 0.717) is 0 Å². The summed E-state index contributed by atoms with van der Waals surface area (Å²) in [6.07, 6.45) is 2.55. The van der Waals surface area contributed by atoms with E-state index in [9.17, 15) is 14.7 Å². The molecule has 114 valence electrons. The molecule has 0 saturated carbocycles. The first kappa shape index (κ1) is 15.5. The van der Waals surface area contributed by atoms with Crippen LogP contribution in [-0.2, 0) is 22.6 Å². The summed E-state index contributed by atoms with van der Waals surface area (Å²) in [4.78, 5) is 26.8. The number of aromatic nitrogens is 1. The Morgan fingerprint density at radius 3 is 2.41 bits per heavy atom. The third-order valence-electron chi connectivity index (χ3n) is 2.99. The van der Waals surface area contributed by atoms with E-state index in [1.165, 1.54) is 0 Å². The molecule has 6 nitrogen and oxygen atoms in total. The number of amides is 1. The lowest BCUT2D eigenvalue weighted by molar-refractivity contribution is -0.139. The molecule has 0 unspecified atom stereocenters. The lowest BCUT2D eigenvalue weighted by Gasteiger charge is -2.14. The molecule has 2 rings (SSSR count). The smallest absolute Gasteiger partial charge is 0.408 e. The van der Waals surface area contributed by atoms with Crippen molar-refractivity contribution in [3.05, 3.63) is 66.0 Å². The van der Waals surface area contributed by atoms with E-state index in [0.717, 1.165) is 11.1 Å². The van der Waals surface area contributed by atoms with Crippen LogP contribution in [0.3, 0.4) is 0 Å². The minimum Gasteiger partial charge on any atom is -0.480 e. The van der Waals surface area contributed by atoms with E-state index in [2.05, 4.69) is 10.3 Å². The van der Waals surface area contributed by atoms with E-state index >= 15 is 0 Å². The number of carbonyl (C=O) groups excluding carboxylic acids is 1. The van der Waals surface area contributed by atoms with Crippen molar-refractivity contribution >= 4 is 12.1 Å². The van der Waals surface area contributed by atoms with Gasteiger partial charge in [-0.25, -0.2) is 9.59 Å². The predicted molar refractivity (Wildman–Crippen MR) is 79.1 cm³/mol. The number of alkyl carbamates (subject to hydrolysis) is 1. The molecule has 0 spiro atoms. The maximum atomic E-state index is 11.7. The van der Waals surface area contributed by atoms with Gasteiger partial charge in [-0.3, -0.25) is 4.98 Å². The number of rotatable bonds is 6. The molecule has 1 atom stereocenters. The van der Waals surface area contributed by atoms with Crippen LogP contribution in [-0.4, -0.2) is 28.2 Å². The highest BCUT2D eigenvalue weighted by Crippen LogP contribution is 2.04. The molecule has 22 heavy (non-hydrogen) atoms. The molecule has 0 radical (unpaired) electrons. The Kier molecular flexibility index (Phi) is 5.48. The maximum absolute atomic E-state index is 11.7. The summed E-state index contributed by atoms with van der Waals surface area (Å²) in [5.74, 6) is -1.12. The van der Waals surface area contributed by atoms with E-state index in [-0.39, 0.29) is 13.0 Å². The summed E-state index contributed by atoms with van der Waals surface area (Å²) in [6.45, 7) is 0.0915. The van der Waals surface area contributed by atoms with Gasteiger partial charge in [-0.2, -0.15) is 0 Å². The van der Waals surface area contributed by atoms with Crippen LogP contribution in [0.25, 0.3) is 0 Å². The summed E-state index contributed by atoms with van der Waals surface area (Å²) in [6, 6.07) is 11.5.